The smallest absolute Gasteiger partial charge is 0.299 e. The minimum Gasteiger partial charge on any atom is -0.377 e. The van der Waals surface area contributed by atoms with Crippen LogP contribution in [0.5, 0.6) is 0 Å². The summed E-state index contributed by atoms with van der Waals surface area (Å²) in [6, 6.07) is 11.2. The van der Waals surface area contributed by atoms with E-state index in [1.54, 1.807) is 0 Å². The van der Waals surface area contributed by atoms with Crippen LogP contribution in [0.15, 0.2) is 42.5 Å². The first-order chi connectivity index (χ1) is 11.5. The summed E-state index contributed by atoms with van der Waals surface area (Å²) < 4.78 is 5.32. The van der Waals surface area contributed by atoms with Gasteiger partial charge in [-0.25, -0.2) is 0 Å². The topological polar surface area (TPSA) is 108 Å². The molecule has 0 aliphatic heterocycles. The van der Waals surface area contributed by atoms with Crippen molar-refractivity contribution in [1.82, 2.24) is 0 Å². The molecule has 0 heterocycles. The average Bonchev–Trinajstić information content (AvgIpc) is 2.58. The standard InChI is InChI=1S/C16H17N3O5/c1-2-24-11-13-5-3-12(4-6-13)10-17-15-8-7-14(18(20)21)9-16(15)19(22)23/h3-9,17H,2,10-11H2,1H3. The van der Waals surface area contributed by atoms with Gasteiger partial charge in [0.2, 0.25) is 0 Å². The quantitative estimate of drug-likeness (QED) is 0.584. The molecule has 0 atom stereocenters. The predicted octanol–water partition coefficient (Wildman–Crippen LogP) is 3.65. The number of nitro benzene ring substituents is 2. The van der Waals surface area contributed by atoms with Crippen molar-refractivity contribution in [3.63, 3.8) is 0 Å². The predicted molar refractivity (Wildman–Crippen MR) is 88.8 cm³/mol. The molecule has 0 radical (unpaired) electrons. The third-order valence-corrected chi connectivity index (χ3v) is 3.37. The Kier molecular flexibility index (Phi) is 5.80. The van der Waals surface area contributed by atoms with Gasteiger partial charge in [0.25, 0.3) is 11.4 Å². The molecule has 0 amide bonds. The van der Waals surface area contributed by atoms with Crippen LogP contribution in [0.25, 0.3) is 0 Å². The lowest BCUT2D eigenvalue weighted by Gasteiger charge is -2.08. The number of non-ortho nitro benzene ring substituents is 1. The molecule has 2 aromatic carbocycles. The number of anilines is 1. The normalized spacial score (nSPS) is 10.4. The van der Waals surface area contributed by atoms with Gasteiger partial charge in [-0.15, -0.1) is 0 Å². The van der Waals surface area contributed by atoms with Gasteiger partial charge in [0.05, 0.1) is 22.5 Å². The Morgan fingerprint density at radius 2 is 1.67 bits per heavy atom. The van der Waals surface area contributed by atoms with Gasteiger partial charge in [-0.1, -0.05) is 24.3 Å². The highest BCUT2D eigenvalue weighted by atomic mass is 16.6. The highest BCUT2D eigenvalue weighted by Crippen LogP contribution is 2.29. The van der Waals surface area contributed by atoms with E-state index in [1.165, 1.54) is 12.1 Å². The molecule has 0 aliphatic carbocycles. The first-order valence-electron chi connectivity index (χ1n) is 7.33. The molecule has 0 fully saturated rings. The number of ether oxygens (including phenoxy) is 1. The van der Waals surface area contributed by atoms with E-state index in [0.717, 1.165) is 17.2 Å². The van der Waals surface area contributed by atoms with Crippen LogP contribution in [0.1, 0.15) is 18.1 Å². The maximum atomic E-state index is 11.1. The van der Waals surface area contributed by atoms with E-state index in [-0.39, 0.29) is 17.1 Å². The van der Waals surface area contributed by atoms with Crippen molar-refractivity contribution in [2.45, 2.75) is 20.1 Å². The summed E-state index contributed by atoms with van der Waals surface area (Å²) >= 11 is 0. The molecular formula is C16H17N3O5. The summed E-state index contributed by atoms with van der Waals surface area (Å²) in [6.07, 6.45) is 0. The zero-order valence-corrected chi connectivity index (χ0v) is 13.1. The lowest BCUT2D eigenvalue weighted by atomic mass is 10.1. The van der Waals surface area contributed by atoms with E-state index < -0.39 is 9.85 Å². The number of rotatable bonds is 8. The van der Waals surface area contributed by atoms with Gasteiger partial charge < -0.3 is 10.1 Å². The number of nitro groups is 2. The first-order valence-corrected chi connectivity index (χ1v) is 7.33. The Morgan fingerprint density at radius 3 is 2.25 bits per heavy atom. The molecule has 2 rings (SSSR count). The zero-order valence-electron chi connectivity index (χ0n) is 13.1. The molecule has 24 heavy (non-hydrogen) atoms. The molecule has 1 N–H and O–H groups in total. The Bertz CT molecular complexity index is 731. The molecule has 0 saturated heterocycles. The number of nitrogens with one attached hydrogen (secondary N) is 1. The van der Waals surface area contributed by atoms with Crippen LogP contribution in [0.4, 0.5) is 17.1 Å². The van der Waals surface area contributed by atoms with E-state index in [4.69, 9.17) is 4.74 Å². The largest absolute Gasteiger partial charge is 0.377 e. The van der Waals surface area contributed by atoms with Crippen molar-refractivity contribution in [1.29, 1.82) is 0 Å². The summed E-state index contributed by atoms with van der Waals surface area (Å²) in [5.41, 5.74) is 1.58. The second kappa shape index (κ2) is 8.02. The van der Waals surface area contributed by atoms with Crippen molar-refractivity contribution in [2.75, 3.05) is 11.9 Å². The summed E-state index contributed by atoms with van der Waals surface area (Å²) in [7, 11) is 0. The van der Waals surface area contributed by atoms with E-state index in [1.807, 2.05) is 31.2 Å². The molecule has 0 spiro atoms. The molecule has 0 bridgehead atoms. The van der Waals surface area contributed by atoms with Gasteiger partial charge in [-0.2, -0.15) is 0 Å². The van der Waals surface area contributed by atoms with Crippen molar-refractivity contribution in [3.05, 3.63) is 73.8 Å². The SMILES string of the molecule is CCOCc1ccc(CNc2ccc([N+](=O)[O-])cc2[N+](=O)[O-])cc1. The van der Waals surface area contributed by atoms with Gasteiger partial charge in [-0.3, -0.25) is 20.2 Å². The van der Waals surface area contributed by atoms with Crippen LogP contribution in [0.3, 0.4) is 0 Å². The monoisotopic (exact) mass is 331 g/mol. The van der Waals surface area contributed by atoms with E-state index >= 15 is 0 Å². The van der Waals surface area contributed by atoms with Crippen LogP contribution in [-0.4, -0.2) is 16.5 Å². The molecule has 8 heteroatoms. The third-order valence-electron chi connectivity index (χ3n) is 3.37. The highest BCUT2D eigenvalue weighted by Gasteiger charge is 2.19. The summed E-state index contributed by atoms with van der Waals surface area (Å²) in [6.45, 7) is 3.48. The maximum Gasteiger partial charge on any atom is 0.299 e. The molecule has 126 valence electrons. The number of benzene rings is 2. The lowest BCUT2D eigenvalue weighted by molar-refractivity contribution is -0.393. The molecule has 8 nitrogen and oxygen atoms in total. The van der Waals surface area contributed by atoms with Crippen LogP contribution >= 0.6 is 0 Å². The van der Waals surface area contributed by atoms with Crippen molar-refractivity contribution < 1.29 is 14.6 Å². The number of hydrogen-bond donors (Lipinski definition) is 1. The van der Waals surface area contributed by atoms with Crippen molar-refractivity contribution in [3.8, 4) is 0 Å². The minimum absolute atomic E-state index is 0.240. The second-order valence-corrected chi connectivity index (χ2v) is 5.02. The van der Waals surface area contributed by atoms with Gasteiger partial charge in [0, 0.05) is 19.2 Å². The highest BCUT2D eigenvalue weighted by molar-refractivity contribution is 5.65. The van der Waals surface area contributed by atoms with Gasteiger partial charge in [0.1, 0.15) is 5.69 Å². The Morgan fingerprint density at radius 1 is 1.00 bits per heavy atom. The van der Waals surface area contributed by atoms with E-state index in [2.05, 4.69) is 5.32 Å². The van der Waals surface area contributed by atoms with Gasteiger partial charge in [-0.05, 0) is 24.1 Å². The Labute approximate surface area is 138 Å². The molecular weight excluding hydrogens is 314 g/mol. The van der Waals surface area contributed by atoms with Crippen LogP contribution in [-0.2, 0) is 17.9 Å². The summed E-state index contributed by atoms with van der Waals surface area (Å²) in [5.74, 6) is 0. The average molecular weight is 331 g/mol. The van der Waals surface area contributed by atoms with Crippen molar-refractivity contribution in [2.24, 2.45) is 0 Å². The first kappa shape index (κ1) is 17.4. The van der Waals surface area contributed by atoms with E-state index in [0.29, 0.717) is 19.8 Å². The Hall–Kier alpha value is -3.00. The molecule has 0 aliphatic rings. The fourth-order valence-electron chi connectivity index (χ4n) is 2.10. The molecule has 2 aromatic rings. The molecule has 0 unspecified atom stereocenters. The third kappa shape index (κ3) is 4.50. The van der Waals surface area contributed by atoms with E-state index in [9.17, 15) is 20.2 Å². The zero-order chi connectivity index (χ0) is 17.5. The van der Waals surface area contributed by atoms with Crippen LogP contribution in [0.2, 0.25) is 0 Å². The molecule has 0 saturated carbocycles. The van der Waals surface area contributed by atoms with Crippen molar-refractivity contribution >= 4 is 17.1 Å². The van der Waals surface area contributed by atoms with Gasteiger partial charge in [0.15, 0.2) is 0 Å². The van der Waals surface area contributed by atoms with Gasteiger partial charge >= 0.3 is 0 Å². The van der Waals surface area contributed by atoms with Crippen LogP contribution < -0.4 is 5.32 Å². The second-order valence-electron chi connectivity index (χ2n) is 5.02. The fourth-order valence-corrected chi connectivity index (χ4v) is 2.10. The van der Waals surface area contributed by atoms with Crippen LogP contribution in [0, 0.1) is 20.2 Å². The minimum atomic E-state index is -0.659. The summed E-state index contributed by atoms with van der Waals surface area (Å²) in [5, 5.41) is 24.8. The number of hydrogen-bond acceptors (Lipinski definition) is 6. The Balaban J connectivity index is 2.08. The number of nitrogens with zero attached hydrogens (tertiary/aromatic N) is 2. The fraction of sp³-hybridized carbons (Fsp3) is 0.250. The summed E-state index contributed by atoms with van der Waals surface area (Å²) in [4.78, 5) is 20.5. The molecule has 0 aromatic heterocycles. The maximum absolute atomic E-state index is 11.1. The lowest BCUT2D eigenvalue weighted by Crippen LogP contribution is -2.03.